The van der Waals surface area contributed by atoms with Gasteiger partial charge in [-0.15, -0.1) is 6.58 Å². The molecule has 5 nitrogen and oxygen atoms in total. The van der Waals surface area contributed by atoms with E-state index in [4.69, 9.17) is 4.74 Å². The van der Waals surface area contributed by atoms with Crippen LogP contribution < -0.4 is 10.1 Å². The van der Waals surface area contributed by atoms with Gasteiger partial charge < -0.3 is 10.1 Å². The average Bonchev–Trinajstić information content (AvgIpc) is 2.55. The number of hydrogen-bond donors (Lipinski definition) is 1. The summed E-state index contributed by atoms with van der Waals surface area (Å²) in [7, 11) is 1.62. The first-order valence-electron chi connectivity index (χ1n) is 6.90. The molecule has 0 spiro atoms. The maximum atomic E-state index is 10.7. The molecule has 0 aliphatic heterocycles. The van der Waals surface area contributed by atoms with Crippen LogP contribution in [0.15, 0.2) is 61.2 Å². The minimum absolute atomic E-state index is 0.00620. The van der Waals surface area contributed by atoms with Crippen molar-refractivity contribution >= 4 is 11.4 Å². The molecule has 0 saturated carbocycles. The summed E-state index contributed by atoms with van der Waals surface area (Å²) in [5.74, 6) is 0.793. The van der Waals surface area contributed by atoms with Crippen molar-refractivity contribution in [2.24, 2.45) is 0 Å². The Morgan fingerprint density at radius 2 is 1.86 bits per heavy atom. The molecule has 0 aliphatic carbocycles. The van der Waals surface area contributed by atoms with Gasteiger partial charge in [0.05, 0.1) is 18.1 Å². The summed E-state index contributed by atoms with van der Waals surface area (Å²) < 4.78 is 5.13. The van der Waals surface area contributed by atoms with Crippen molar-refractivity contribution in [3.05, 3.63) is 76.9 Å². The maximum absolute atomic E-state index is 10.7. The number of ether oxygens (including phenoxy) is 1. The van der Waals surface area contributed by atoms with Crippen molar-refractivity contribution in [2.45, 2.75) is 12.5 Å². The molecule has 0 fully saturated rings. The minimum atomic E-state index is -0.400. The maximum Gasteiger partial charge on any atom is 0.269 e. The van der Waals surface area contributed by atoms with E-state index in [2.05, 4.69) is 11.9 Å². The molecule has 0 aromatic heterocycles. The van der Waals surface area contributed by atoms with Crippen LogP contribution in [0, 0.1) is 10.1 Å². The summed E-state index contributed by atoms with van der Waals surface area (Å²) in [6.07, 6.45) is 2.53. The van der Waals surface area contributed by atoms with E-state index in [1.165, 1.54) is 12.1 Å². The summed E-state index contributed by atoms with van der Waals surface area (Å²) in [4.78, 5) is 10.3. The molecule has 0 radical (unpaired) electrons. The second-order valence-electron chi connectivity index (χ2n) is 4.80. The molecule has 0 amide bonds. The van der Waals surface area contributed by atoms with E-state index in [-0.39, 0.29) is 11.7 Å². The molecule has 2 aromatic carbocycles. The van der Waals surface area contributed by atoms with Crippen LogP contribution in [0.3, 0.4) is 0 Å². The number of nitrogens with zero attached hydrogens (tertiary/aromatic N) is 1. The number of anilines is 1. The molecule has 114 valence electrons. The molecule has 0 aliphatic rings. The molecule has 22 heavy (non-hydrogen) atoms. The first kappa shape index (κ1) is 15.6. The summed E-state index contributed by atoms with van der Waals surface area (Å²) in [5.41, 5.74) is 2.01. The van der Waals surface area contributed by atoms with E-state index in [0.717, 1.165) is 17.0 Å². The Labute approximate surface area is 129 Å². The van der Waals surface area contributed by atoms with Crippen molar-refractivity contribution in [2.75, 3.05) is 12.4 Å². The lowest BCUT2D eigenvalue weighted by Crippen LogP contribution is -2.10. The molecule has 5 heteroatoms. The lowest BCUT2D eigenvalue weighted by molar-refractivity contribution is -0.384. The van der Waals surface area contributed by atoms with Gasteiger partial charge in [0.2, 0.25) is 0 Å². The third-order valence-corrected chi connectivity index (χ3v) is 3.34. The van der Waals surface area contributed by atoms with E-state index in [0.29, 0.717) is 6.42 Å². The highest BCUT2D eigenvalue weighted by molar-refractivity contribution is 5.49. The first-order valence-corrected chi connectivity index (χ1v) is 6.90. The van der Waals surface area contributed by atoms with E-state index in [9.17, 15) is 10.1 Å². The van der Waals surface area contributed by atoms with Crippen LogP contribution in [-0.4, -0.2) is 12.0 Å². The lowest BCUT2D eigenvalue weighted by Gasteiger charge is -2.19. The van der Waals surface area contributed by atoms with Gasteiger partial charge in [-0.1, -0.05) is 18.2 Å². The predicted molar refractivity (Wildman–Crippen MR) is 87.3 cm³/mol. The summed E-state index contributed by atoms with van der Waals surface area (Å²) >= 11 is 0. The molecular weight excluding hydrogens is 280 g/mol. The smallest absolute Gasteiger partial charge is 0.269 e. The Balaban J connectivity index is 2.17. The van der Waals surface area contributed by atoms with E-state index < -0.39 is 4.92 Å². The second kappa shape index (κ2) is 7.26. The molecule has 0 heterocycles. The largest absolute Gasteiger partial charge is 0.497 e. The van der Waals surface area contributed by atoms with Gasteiger partial charge in [0, 0.05) is 17.8 Å². The number of hydrogen-bond acceptors (Lipinski definition) is 4. The van der Waals surface area contributed by atoms with Gasteiger partial charge in [0.1, 0.15) is 5.75 Å². The minimum Gasteiger partial charge on any atom is -0.497 e. The second-order valence-corrected chi connectivity index (χ2v) is 4.80. The van der Waals surface area contributed by atoms with E-state index in [1.807, 2.05) is 30.3 Å². The first-order chi connectivity index (χ1) is 10.6. The standard InChI is InChI=1S/C17H18N2O3/c1-3-4-17(13-5-9-15(10-6-13)19(20)21)18-14-7-11-16(22-2)12-8-14/h3,5-12,17-18H,1,4H2,2H3. The van der Waals surface area contributed by atoms with Crippen LogP contribution in [0.5, 0.6) is 5.75 Å². The van der Waals surface area contributed by atoms with Crippen molar-refractivity contribution in [1.82, 2.24) is 0 Å². The fourth-order valence-corrected chi connectivity index (χ4v) is 2.16. The molecule has 1 atom stereocenters. The summed E-state index contributed by atoms with van der Waals surface area (Å²) in [6, 6.07) is 14.2. The average molecular weight is 298 g/mol. The Morgan fingerprint density at radius 1 is 1.23 bits per heavy atom. The zero-order chi connectivity index (χ0) is 15.9. The Morgan fingerprint density at radius 3 is 2.36 bits per heavy atom. The number of nitro groups is 1. The highest BCUT2D eigenvalue weighted by Gasteiger charge is 2.12. The zero-order valence-electron chi connectivity index (χ0n) is 12.4. The SMILES string of the molecule is C=CCC(Nc1ccc(OC)cc1)c1ccc([N+](=O)[O-])cc1. The van der Waals surface area contributed by atoms with Gasteiger partial charge in [-0.05, 0) is 36.2 Å². The molecule has 1 unspecified atom stereocenters. The van der Waals surface area contributed by atoms with E-state index in [1.54, 1.807) is 19.2 Å². The third kappa shape index (κ3) is 3.85. The fraction of sp³-hybridized carbons (Fsp3) is 0.176. The van der Waals surface area contributed by atoms with Crippen molar-refractivity contribution in [3.63, 3.8) is 0 Å². The summed E-state index contributed by atoms with van der Waals surface area (Å²) in [6.45, 7) is 3.77. The van der Waals surface area contributed by atoms with Crippen molar-refractivity contribution < 1.29 is 9.66 Å². The molecule has 2 rings (SSSR count). The van der Waals surface area contributed by atoms with Gasteiger partial charge in [0.15, 0.2) is 0 Å². The number of methoxy groups -OCH3 is 1. The van der Waals surface area contributed by atoms with Crippen LogP contribution in [0.1, 0.15) is 18.0 Å². The van der Waals surface area contributed by atoms with Gasteiger partial charge >= 0.3 is 0 Å². The van der Waals surface area contributed by atoms with Crippen LogP contribution >= 0.6 is 0 Å². The van der Waals surface area contributed by atoms with Crippen LogP contribution in [0.4, 0.5) is 11.4 Å². The topological polar surface area (TPSA) is 64.4 Å². The van der Waals surface area contributed by atoms with E-state index >= 15 is 0 Å². The molecular formula is C17H18N2O3. The number of rotatable bonds is 7. The van der Waals surface area contributed by atoms with Gasteiger partial charge in [0.25, 0.3) is 5.69 Å². The Hall–Kier alpha value is -2.82. The van der Waals surface area contributed by atoms with Crippen LogP contribution in [0.25, 0.3) is 0 Å². The highest BCUT2D eigenvalue weighted by atomic mass is 16.6. The molecule has 0 saturated heterocycles. The van der Waals surface area contributed by atoms with Crippen LogP contribution in [0.2, 0.25) is 0 Å². The van der Waals surface area contributed by atoms with Crippen molar-refractivity contribution in [1.29, 1.82) is 0 Å². The number of non-ortho nitro benzene ring substituents is 1. The monoisotopic (exact) mass is 298 g/mol. The molecule has 0 bridgehead atoms. The molecule has 2 aromatic rings. The fourth-order valence-electron chi connectivity index (χ4n) is 2.16. The number of benzene rings is 2. The normalized spacial score (nSPS) is 11.5. The lowest BCUT2D eigenvalue weighted by atomic mass is 10.0. The zero-order valence-corrected chi connectivity index (χ0v) is 12.4. The number of nitro benzene ring substituents is 1. The Kier molecular flexibility index (Phi) is 5.14. The quantitative estimate of drug-likeness (QED) is 0.469. The molecule has 1 N–H and O–H groups in total. The Bertz CT molecular complexity index is 636. The van der Waals surface area contributed by atoms with Gasteiger partial charge in [-0.3, -0.25) is 10.1 Å². The number of nitrogens with one attached hydrogen (secondary N) is 1. The van der Waals surface area contributed by atoms with Gasteiger partial charge in [-0.2, -0.15) is 0 Å². The summed E-state index contributed by atoms with van der Waals surface area (Å²) in [5, 5.41) is 14.1. The van der Waals surface area contributed by atoms with Crippen molar-refractivity contribution in [3.8, 4) is 5.75 Å². The third-order valence-electron chi connectivity index (χ3n) is 3.34. The predicted octanol–water partition coefficient (Wildman–Crippen LogP) is 4.33. The van der Waals surface area contributed by atoms with Gasteiger partial charge in [-0.25, -0.2) is 0 Å². The van der Waals surface area contributed by atoms with Crippen LogP contribution in [-0.2, 0) is 0 Å². The highest BCUT2D eigenvalue weighted by Crippen LogP contribution is 2.26.